The van der Waals surface area contributed by atoms with Gasteiger partial charge in [0, 0.05) is 53.3 Å². The van der Waals surface area contributed by atoms with Crippen LogP contribution < -0.4 is 0 Å². The van der Waals surface area contributed by atoms with Crippen molar-refractivity contribution in [1.82, 2.24) is 19.5 Å². The highest BCUT2D eigenvalue weighted by molar-refractivity contribution is 7.25. The molecule has 0 N–H and O–H groups in total. The van der Waals surface area contributed by atoms with Crippen LogP contribution in [0, 0.1) is 0 Å². The van der Waals surface area contributed by atoms with E-state index in [1.807, 2.05) is 6.07 Å². The summed E-state index contributed by atoms with van der Waals surface area (Å²) in [5.41, 5.74) is 8.53. The molecule has 0 aliphatic carbocycles. The fourth-order valence-corrected chi connectivity index (χ4v) is 8.93. The largest absolute Gasteiger partial charge is 0.309 e. The number of aromatic nitrogens is 4. The smallest absolute Gasteiger partial charge is 0.164 e. The van der Waals surface area contributed by atoms with Crippen molar-refractivity contribution in [3.05, 3.63) is 182 Å². The lowest BCUT2D eigenvalue weighted by molar-refractivity contribution is 1.07. The summed E-state index contributed by atoms with van der Waals surface area (Å²) in [7, 11) is 0. The van der Waals surface area contributed by atoms with Crippen molar-refractivity contribution < 1.29 is 0 Å². The van der Waals surface area contributed by atoms with Crippen LogP contribution in [-0.4, -0.2) is 19.5 Å². The molecule has 0 saturated carbocycles. The van der Waals surface area contributed by atoms with Crippen molar-refractivity contribution >= 4 is 64.1 Å². The molecule has 252 valence electrons. The van der Waals surface area contributed by atoms with Gasteiger partial charge in [-0.3, -0.25) is 0 Å². The molecule has 11 rings (SSSR count). The molecule has 0 atom stereocenters. The number of para-hydroxylation sites is 1. The van der Waals surface area contributed by atoms with E-state index < -0.39 is 0 Å². The van der Waals surface area contributed by atoms with E-state index >= 15 is 0 Å². The summed E-state index contributed by atoms with van der Waals surface area (Å²) in [4.78, 5) is 15.5. The van der Waals surface area contributed by atoms with Crippen molar-refractivity contribution in [3.8, 4) is 51.0 Å². The minimum absolute atomic E-state index is 0.631. The van der Waals surface area contributed by atoms with Gasteiger partial charge in [0.05, 0.1) is 11.0 Å². The lowest BCUT2D eigenvalue weighted by atomic mass is 10.0. The lowest BCUT2D eigenvalue weighted by Crippen LogP contribution is -2.01. The molecule has 0 unspecified atom stereocenters. The third-order valence-electron chi connectivity index (χ3n) is 10.4. The zero-order valence-corrected chi connectivity index (χ0v) is 29.8. The van der Waals surface area contributed by atoms with Crippen molar-refractivity contribution in [1.29, 1.82) is 0 Å². The highest BCUT2D eigenvalue weighted by Crippen LogP contribution is 2.38. The highest BCUT2D eigenvalue weighted by atomic mass is 32.1. The van der Waals surface area contributed by atoms with E-state index in [9.17, 15) is 0 Å². The molecule has 3 heterocycles. The Labute approximate surface area is 315 Å². The average Bonchev–Trinajstić information content (AvgIpc) is 3.78. The molecule has 3 aromatic heterocycles. The molecule has 4 nitrogen and oxygen atoms in total. The van der Waals surface area contributed by atoms with E-state index in [1.165, 1.54) is 52.8 Å². The van der Waals surface area contributed by atoms with Crippen LogP contribution in [0.3, 0.4) is 0 Å². The van der Waals surface area contributed by atoms with Crippen LogP contribution in [0.4, 0.5) is 0 Å². The van der Waals surface area contributed by atoms with Gasteiger partial charge in [-0.15, -0.1) is 11.3 Å². The normalized spacial score (nSPS) is 11.7. The van der Waals surface area contributed by atoms with Gasteiger partial charge < -0.3 is 4.57 Å². The summed E-state index contributed by atoms with van der Waals surface area (Å²) in [6, 6.07) is 64.5. The van der Waals surface area contributed by atoms with Gasteiger partial charge >= 0.3 is 0 Å². The monoisotopic (exact) mass is 706 g/mol. The van der Waals surface area contributed by atoms with E-state index in [-0.39, 0.29) is 0 Å². The average molecular weight is 707 g/mol. The zero-order chi connectivity index (χ0) is 35.6. The first-order valence-corrected chi connectivity index (χ1v) is 18.9. The van der Waals surface area contributed by atoms with E-state index in [1.54, 1.807) is 11.3 Å². The van der Waals surface area contributed by atoms with Crippen LogP contribution in [0.1, 0.15) is 0 Å². The highest BCUT2D eigenvalue weighted by Gasteiger charge is 2.17. The van der Waals surface area contributed by atoms with Crippen LogP contribution >= 0.6 is 11.3 Å². The second-order valence-electron chi connectivity index (χ2n) is 13.7. The number of rotatable bonds is 5. The van der Waals surface area contributed by atoms with Crippen LogP contribution in [0.25, 0.3) is 104 Å². The summed E-state index contributed by atoms with van der Waals surface area (Å²) in [5, 5.41) is 7.42. The number of hydrogen-bond donors (Lipinski definition) is 0. The van der Waals surface area contributed by atoms with Crippen molar-refractivity contribution in [2.75, 3.05) is 0 Å². The van der Waals surface area contributed by atoms with Gasteiger partial charge in [0.2, 0.25) is 0 Å². The number of nitrogens with zero attached hydrogens (tertiary/aromatic N) is 4. The Morgan fingerprint density at radius 1 is 0.333 bits per heavy atom. The Hall–Kier alpha value is -6.95. The Morgan fingerprint density at radius 3 is 1.72 bits per heavy atom. The molecule has 0 radical (unpaired) electrons. The van der Waals surface area contributed by atoms with Gasteiger partial charge in [0.25, 0.3) is 0 Å². The van der Waals surface area contributed by atoms with Crippen molar-refractivity contribution in [2.45, 2.75) is 0 Å². The van der Waals surface area contributed by atoms with Gasteiger partial charge in [0.15, 0.2) is 17.5 Å². The van der Waals surface area contributed by atoms with E-state index in [0.29, 0.717) is 17.5 Å². The second kappa shape index (κ2) is 12.3. The van der Waals surface area contributed by atoms with E-state index in [2.05, 4.69) is 180 Å². The Balaban J connectivity index is 1.09. The molecule has 0 bridgehead atoms. The summed E-state index contributed by atoms with van der Waals surface area (Å²) >= 11 is 1.80. The number of thiophene rings is 1. The minimum atomic E-state index is 0.631. The molecule has 8 aromatic carbocycles. The minimum Gasteiger partial charge on any atom is -0.309 e. The lowest BCUT2D eigenvalue weighted by Gasteiger charge is -2.12. The van der Waals surface area contributed by atoms with Crippen LogP contribution in [-0.2, 0) is 0 Å². The maximum atomic E-state index is 5.19. The van der Waals surface area contributed by atoms with Crippen LogP contribution in [0.5, 0.6) is 0 Å². The second-order valence-corrected chi connectivity index (χ2v) is 14.8. The SMILES string of the molecule is c1ccc(-c2ccc(-c3nc(-c4cccc(-n5c6ccccc6c6cc7ccccc7cc65)c4)nc(-c4ccc5c(c4)sc4ccccc45)n3)cc2)cc1. The van der Waals surface area contributed by atoms with Crippen LogP contribution in [0.15, 0.2) is 182 Å². The maximum absolute atomic E-state index is 5.19. The molecule has 0 spiro atoms. The first-order chi connectivity index (χ1) is 26.7. The van der Waals surface area contributed by atoms with Gasteiger partial charge in [-0.1, -0.05) is 140 Å². The third kappa shape index (κ3) is 5.09. The standard InChI is InChI=1S/C49H30N4S/c1-2-11-31(12-3-1)32-21-23-33(24-22-32)47-50-48(52-49(51-47)37-25-26-41-40-18-7-9-20-45(40)54-46(41)30-37)36-15-10-16-38(27-36)53-43-19-8-6-17-39(43)42-28-34-13-4-5-14-35(34)29-44(42)53/h1-30H. The van der Waals surface area contributed by atoms with Gasteiger partial charge in [-0.05, 0) is 64.4 Å². The summed E-state index contributed by atoms with van der Waals surface area (Å²) in [6.45, 7) is 0. The Morgan fingerprint density at radius 2 is 0.907 bits per heavy atom. The maximum Gasteiger partial charge on any atom is 0.164 e. The fraction of sp³-hybridized carbons (Fsp3) is 0. The van der Waals surface area contributed by atoms with E-state index in [0.717, 1.165) is 33.5 Å². The molecular weight excluding hydrogens is 677 g/mol. The van der Waals surface area contributed by atoms with Crippen LogP contribution in [0.2, 0.25) is 0 Å². The van der Waals surface area contributed by atoms with Gasteiger partial charge in [0.1, 0.15) is 0 Å². The predicted molar refractivity (Wildman–Crippen MR) is 226 cm³/mol. The molecule has 0 aliphatic heterocycles. The first kappa shape index (κ1) is 30.7. The predicted octanol–water partition coefficient (Wildman–Crippen LogP) is 13.2. The molecule has 11 aromatic rings. The third-order valence-corrected chi connectivity index (χ3v) is 11.6. The Bertz CT molecular complexity index is 3210. The molecule has 0 amide bonds. The molecular formula is C49H30N4S. The molecule has 5 heteroatoms. The quantitative estimate of drug-likeness (QED) is 0.179. The Kier molecular flexibility index (Phi) is 7.00. The topological polar surface area (TPSA) is 43.6 Å². The molecule has 0 fully saturated rings. The summed E-state index contributed by atoms with van der Waals surface area (Å²) in [5.74, 6) is 1.92. The summed E-state index contributed by atoms with van der Waals surface area (Å²) < 4.78 is 4.85. The molecule has 0 saturated heterocycles. The number of fused-ring (bicyclic) bond motifs is 7. The fourth-order valence-electron chi connectivity index (χ4n) is 7.79. The first-order valence-electron chi connectivity index (χ1n) is 18.1. The molecule has 0 aliphatic rings. The van der Waals surface area contributed by atoms with Crippen molar-refractivity contribution in [3.63, 3.8) is 0 Å². The number of hydrogen-bond acceptors (Lipinski definition) is 4. The van der Waals surface area contributed by atoms with E-state index in [4.69, 9.17) is 15.0 Å². The summed E-state index contributed by atoms with van der Waals surface area (Å²) in [6.07, 6.45) is 0. The van der Waals surface area contributed by atoms with Gasteiger partial charge in [-0.25, -0.2) is 15.0 Å². The zero-order valence-electron chi connectivity index (χ0n) is 29.0. The van der Waals surface area contributed by atoms with Gasteiger partial charge in [-0.2, -0.15) is 0 Å². The number of benzene rings is 8. The molecule has 54 heavy (non-hydrogen) atoms. The van der Waals surface area contributed by atoms with Crippen molar-refractivity contribution in [2.24, 2.45) is 0 Å².